The summed E-state index contributed by atoms with van der Waals surface area (Å²) in [6.45, 7) is 9.59. The lowest BCUT2D eigenvalue weighted by Gasteiger charge is -2.24. The van der Waals surface area contributed by atoms with Gasteiger partial charge in [0.1, 0.15) is 0 Å². The van der Waals surface area contributed by atoms with E-state index >= 15 is 0 Å². The molecular formula is C34H33NSSi. The van der Waals surface area contributed by atoms with Crippen LogP contribution in [0.1, 0.15) is 25.0 Å². The molecule has 0 aliphatic rings. The van der Waals surface area contributed by atoms with Crippen LogP contribution in [0.4, 0.5) is 0 Å². The molecule has 0 saturated heterocycles. The fraction of sp³-hybridized carbons (Fsp3) is 0.206. The van der Waals surface area contributed by atoms with E-state index in [4.69, 9.17) is 4.98 Å². The molecule has 37 heavy (non-hydrogen) atoms. The number of hydrogen-bond donors (Lipinski definition) is 0. The largest absolute Gasteiger partial charge is 0.255 e. The van der Waals surface area contributed by atoms with E-state index in [9.17, 15) is 0 Å². The third-order valence-corrected chi connectivity index (χ3v) is 12.0. The van der Waals surface area contributed by atoms with Crippen LogP contribution in [-0.4, -0.2) is 13.1 Å². The summed E-state index contributed by atoms with van der Waals surface area (Å²) in [6.07, 6.45) is 3.10. The number of fused-ring (bicyclic) bond motifs is 4. The fourth-order valence-electron chi connectivity index (χ4n) is 5.73. The Morgan fingerprint density at radius 3 is 2.27 bits per heavy atom. The van der Waals surface area contributed by atoms with Gasteiger partial charge in [-0.15, -0.1) is 11.3 Å². The van der Waals surface area contributed by atoms with E-state index in [1.165, 1.54) is 52.8 Å². The second-order valence-electron chi connectivity index (χ2n) is 11.3. The number of pyridine rings is 1. The third-order valence-electron chi connectivity index (χ3n) is 7.53. The Balaban J connectivity index is 1.54. The maximum Gasteiger partial charge on any atom is 0.0880 e. The molecule has 0 fully saturated rings. The summed E-state index contributed by atoms with van der Waals surface area (Å²) >= 11 is 1.92. The van der Waals surface area contributed by atoms with Gasteiger partial charge in [-0.25, -0.2) is 0 Å². The number of benzene rings is 4. The maximum atomic E-state index is 4.99. The summed E-state index contributed by atoms with van der Waals surface area (Å²) in [5, 5.41) is 6.86. The molecule has 0 spiro atoms. The van der Waals surface area contributed by atoms with Gasteiger partial charge < -0.3 is 0 Å². The molecule has 2 heterocycles. The molecule has 0 N–H and O–H groups in total. The van der Waals surface area contributed by atoms with E-state index in [0.717, 1.165) is 18.2 Å². The molecule has 3 heteroatoms. The van der Waals surface area contributed by atoms with Gasteiger partial charge in [0.15, 0.2) is 0 Å². The first-order chi connectivity index (χ1) is 17.9. The summed E-state index contributed by atoms with van der Waals surface area (Å²) in [5.74, 6) is 0.633. The van der Waals surface area contributed by atoms with Gasteiger partial charge in [0.2, 0.25) is 0 Å². The van der Waals surface area contributed by atoms with Gasteiger partial charge in [-0.05, 0) is 58.5 Å². The van der Waals surface area contributed by atoms with Crippen LogP contribution in [-0.2, 0) is 12.5 Å². The maximum absolute atomic E-state index is 4.99. The topological polar surface area (TPSA) is 12.9 Å². The normalized spacial score (nSPS) is 12.2. The van der Waals surface area contributed by atoms with Crippen LogP contribution in [0.5, 0.6) is 0 Å². The quantitative estimate of drug-likeness (QED) is 0.201. The van der Waals surface area contributed by atoms with Crippen LogP contribution in [0, 0.1) is 5.92 Å². The van der Waals surface area contributed by atoms with Crippen molar-refractivity contribution < 1.29 is 0 Å². The third kappa shape index (κ3) is 4.51. The SMILES string of the molecule is CC(C)Cc1cccc2c1sc1c(-c3cc(C[Si](C)(C)c4ccccc4)c4ccccc4c3)nccc12. The van der Waals surface area contributed by atoms with Gasteiger partial charge in [-0.2, -0.15) is 0 Å². The Labute approximate surface area is 224 Å². The number of hydrogen-bond acceptors (Lipinski definition) is 2. The fourth-order valence-corrected chi connectivity index (χ4v) is 9.60. The Bertz CT molecular complexity index is 1730. The minimum atomic E-state index is -1.68. The predicted octanol–water partition coefficient (Wildman–Crippen LogP) is 9.17. The van der Waals surface area contributed by atoms with Crippen molar-refractivity contribution in [2.24, 2.45) is 5.92 Å². The molecular weight excluding hydrogens is 483 g/mol. The van der Waals surface area contributed by atoms with Gasteiger partial charge in [-0.3, -0.25) is 4.98 Å². The average Bonchev–Trinajstić information content (AvgIpc) is 3.29. The summed E-state index contributed by atoms with van der Waals surface area (Å²) in [7, 11) is -1.68. The molecule has 0 radical (unpaired) electrons. The van der Waals surface area contributed by atoms with Gasteiger partial charge in [0.25, 0.3) is 0 Å². The lowest BCUT2D eigenvalue weighted by atomic mass is 9.98. The highest BCUT2D eigenvalue weighted by atomic mass is 32.1. The molecule has 2 aromatic heterocycles. The second kappa shape index (κ2) is 9.55. The van der Waals surface area contributed by atoms with E-state index in [2.05, 4.69) is 118 Å². The Morgan fingerprint density at radius 2 is 1.46 bits per heavy atom. The zero-order valence-electron chi connectivity index (χ0n) is 22.1. The summed E-state index contributed by atoms with van der Waals surface area (Å²) in [5.41, 5.74) is 5.23. The first kappa shape index (κ1) is 24.1. The predicted molar refractivity (Wildman–Crippen MR) is 166 cm³/mol. The number of thiophene rings is 1. The van der Waals surface area contributed by atoms with E-state index < -0.39 is 8.07 Å². The Kier molecular flexibility index (Phi) is 6.22. The van der Waals surface area contributed by atoms with Crippen molar-refractivity contribution in [1.82, 2.24) is 4.98 Å². The van der Waals surface area contributed by atoms with Crippen molar-refractivity contribution in [2.45, 2.75) is 39.4 Å². The average molecular weight is 516 g/mol. The van der Waals surface area contributed by atoms with Crippen LogP contribution in [0.3, 0.4) is 0 Å². The Hall–Kier alpha value is -3.27. The molecule has 4 aromatic carbocycles. The molecule has 0 aliphatic heterocycles. The zero-order chi connectivity index (χ0) is 25.6. The van der Waals surface area contributed by atoms with Gasteiger partial charge >= 0.3 is 0 Å². The van der Waals surface area contributed by atoms with Crippen molar-refractivity contribution >= 4 is 55.5 Å². The van der Waals surface area contributed by atoms with Crippen molar-refractivity contribution in [3.05, 3.63) is 108 Å². The number of rotatable bonds is 6. The van der Waals surface area contributed by atoms with E-state index in [-0.39, 0.29) is 0 Å². The van der Waals surface area contributed by atoms with Crippen LogP contribution in [0.2, 0.25) is 13.1 Å². The smallest absolute Gasteiger partial charge is 0.0880 e. The van der Waals surface area contributed by atoms with Crippen LogP contribution in [0.15, 0.2) is 97.2 Å². The summed E-state index contributed by atoms with van der Waals surface area (Å²) < 4.78 is 2.72. The van der Waals surface area contributed by atoms with Gasteiger partial charge in [0, 0.05) is 27.2 Å². The van der Waals surface area contributed by atoms with E-state index in [0.29, 0.717) is 5.92 Å². The molecule has 0 saturated carbocycles. The summed E-state index contributed by atoms with van der Waals surface area (Å²) in [4.78, 5) is 4.99. The van der Waals surface area contributed by atoms with Crippen molar-refractivity contribution in [3.63, 3.8) is 0 Å². The summed E-state index contributed by atoms with van der Waals surface area (Å²) in [6, 6.07) is 34.8. The molecule has 6 aromatic rings. The monoisotopic (exact) mass is 515 g/mol. The highest BCUT2D eigenvalue weighted by Crippen LogP contribution is 2.41. The molecule has 0 bridgehead atoms. The van der Waals surface area contributed by atoms with E-state index in [1.54, 1.807) is 0 Å². The second-order valence-corrected chi connectivity index (χ2v) is 17.0. The number of aromatic nitrogens is 1. The van der Waals surface area contributed by atoms with Gasteiger partial charge in [0.05, 0.1) is 18.5 Å². The molecule has 0 atom stereocenters. The van der Waals surface area contributed by atoms with Gasteiger partial charge in [-0.1, -0.05) is 105 Å². The highest BCUT2D eigenvalue weighted by Gasteiger charge is 2.25. The first-order valence-electron chi connectivity index (χ1n) is 13.3. The standard InChI is InChI=1S/C34H33NSSi/c1-23(2)19-25-12-10-16-30-31-17-18-35-32(34(31)36-33(25)30)26-20-24-11-8-9-15-29(24)27(21-26)22-37(3,4)28-13-6-5-7-14-28/h5-18,20-21,23H,19,22H2,1-4H3. The van der Waals surface area contributed by atoms with Crippen molar-refractivity contribution in [3.8, 4) is 11.3 Å². The van der Waals surface area contributed by atoms with E-state index in [1.807, 2.05) is 17.5 Å². The Morgan fingerprint density at radius 1 is 0.730 bits per heavy atom. The highest BCUT2D eigenvalue weighted by molar-refractivity contribution is 7.26. The lowest BCUT2D eigenvalue weighted by Crippen LogP contribution is -2.43. The van der Waals surface area contributed by atoms with Crippen molar-refractivity contribution in [1.29, 1.82) is 0 Å². The first-order valence-corrected chi connectivity index (χ1v) is 17.3. The lowest BCUT2D eigenvalue weighted by molar-refractivity contribution is 0.650. The molecule has 0 unspecified atom stereocenters. The molecule has 184 valence electrons. The molecule has 1 nitrogen and oxygen atoms in total. The minimum Gasteiger partial charge on any atom is -0.255 e. The number of nitrogens with zero attached hydrogens (tertiary/aromatic N) is 1. The minimum absolute atomic E-state index is 0.633. The molecule has 0 amide bonds. The molecule has 0 aliphatic carbocycles. The van der Waals surface area contributed by atoms with Crippen LogP contribution < -0.4 is 5.19 Å². The zero-order valence-corrected chi connectivity index (χ0v) is 23.9. The van der Waals surface area contributed by atoms with Crippen LogP contribution >= 0.6 is 11.3 Å². The van der Waals surface area contributed by atoms with Crippen LogP contribution in [0.25, 0.3) is 42.2 Å². The van der Waals surface area contributed by atoms with Crippen molar-refractivity contribution in [2.75, 3.05) is 0 Å². The molecule has 6 rings (SSSR count).